The molecule has 1 saturated heterocycles. The lowest BCUT2D eigenvalue weighted by molar-refractivity contribution is -0.0178. The second kappa shape index (κ2) is 8.55. The number of piperidine rings is 1. The average Bonchev–Trinajstić information content (AvgIpc) is 2.67. The van der Waals surface area contributed by atoms with E-state index in [4.69, 9.17) is 9.84 Å². The third kappa shape index (κ3) is 4.98. The third-order valence-electron chi connectivity index (χ3n) is 4.66. The first-order valence-electron chi connectivity index (χ1n) is 8.78. The number of carbonyl (C=O) groups excluding carboxylic acids is 1. The Kier molecular flexibility index (Phi) is 5.93. The number of anilines is 1. The van der Waals surface area contributed by atoms with Crippen LogP contribution in [0, 0.1) is 0 Å². The number of likely N-dealkylation sites (tertiary alicyclic amines) is 1. The maximum atomic E-state index is 11.9. The maximum absolute atomic E-state index is 11.9. The van der Waals surface area contributed by atoms with Crippen molar-refractivity contribution in [3.8, 4) is 0 Å². The Labute approximate surface area is 157 Å². The Morgan fingerprint density at radius 1 is 1.11 bits per heavy atom. The van der Waals surface area contributed by atoms with Gasteiger partial charge in [-0.15, -0.1) is 0 Å². The number of carbonyl (C=O) groups is 2. The number of hydrogen-bond acceptors (Lipinski definition) is 4. The highest BCUT2D eigenvalue weighted by Gasteiger charge is 2.30. The van der Waals surface area contributed by atoms with E-state index in [9.17, 15) is 14.7 Å². The smallest absolute Gasteiger partial charge is 0.411 e. The van der Waals surface area contributed by atoms with Gasteiger partial charge in [0.2, 0.25) is 0 Å². The van der Waals surface area contributed by atoms with E-state index in [1.807, 2.05) is 42.5 Å². The zero-order chi connectivity index (χ0) is 19.2. The molecule has 27 heavy (non-hydrogen) atoms. The molecule has 0 saturated carbocycles. The Bertz CT molecular complexity index is 779. The van der Waals surface area contributed by atoms with Crippen molar-refractivity contribution in [3.05, 3.63) is 65.7 Å². The third-order valence-corrected chi connectivity index (χ3v) is 4.66. The van der Waals surface area contributed by atoms with Gasteiger partial charge in [-0.1, -0.05) is 42.5 Å². The highest BCUT2D eigenvalue weighted by atomic mass is 16.5. The Morgan fingerprint density at radius 2 is 1.81 bits per heavy atom. The van der Waals surface area contributed by atoms with Crippen molar-refractivity contribution in [3.63, 3.8) is 0 Å². The second-order valence-corrected chi connectivity index (χ2v) is 6.49. The largest absolute Gasteiger partial charge is 0.465 e. The fraction of sp³-hybridized carbons (Fsp3) is 0.300. The standard InChI is InChI=1S/C20H22N2O5/c23-18-12-16(10-11-22(18)20(25)26)15-6-8-17(9-7-15)21-19(24)27-13-14-4-2-1-3-5-14/h1-9,16,18,23H,10-13H2,(H,21,24)(H,25,26). The van der Waals surface area contributed by atoms with E-state index < -0.39 is 18.4 Å². The van der Waals surface area contributed by atoms with Crippen molar-refractivity contribution in [2.75, 3.05) is 11.9 Å². The van der Waals surface area contributed by atoms with Crippen LogP contribution in [-0.2, 0) is 11.3 Å². The molecule has 2 unspecified atom stereocenters. The summed E-state index contributed by atoms with van der Waals surface area (Å²) < 4.78 is 5.18. The van der Waals surface area contributed by atoms with Crippen molar-refractivity contribution in [1.29, 1.82) is 0 Å². The quantitative estimate of drug-likeness (QED) is 0.763. The summed E-state index contributed by atoms with van der Waals surface area (Å²) in [5, 5.41) is 21.7. The molecule has 1 aliphatic heterocycles. The fourth-order valence-corrected chi connectivity index (χ4v) is 3.19. The van der Waals surface area contributed by atoms with E-state index >= 15 is 0 Å². The Hall–Kier alpha value is -3.06. The first-order valence-corrected chi connectivity index (χ1v) is 8.78. The predicted octanol–water partition coefficient (Wildman–Crippen LogP) is 3.61. The normalized spacial score (nSPS) is 19.4. The first kappa shape index (κ1) is 18.7. The molecule has 7 nitrogen and oxygen atoms in total. The van der Waals surface area contributed by atoms with Gasteiger partial charge in [0.05, 0.1) is 0 Å². The van der Waals surface area contributed by atoms with Gasteiger partial charge in [-0.05, 0) is 42.0 Å². The molecule has 0 aromatic heterocycles. The lowest BCUT2D eigenvalue weighted by Crippen LogP contribution is -2.44. The second-order valence-electron chi connectivity index (χ2n) is 6.49. The minimum Gasteiger partial charge on any atom is -0.465 e. The summed E-state index contributed by atoms with van der Waals surface area (Å²) in [7, 11) is 0. The van der Waals surface area contributed by atoms with Crippen molar-refractivity contribution >= 4 is 17.9 Å². The number of carboxylic acid groups (broad SMARTS) is 1. The summed E-state index contributed by atoms with van der Waals surface area (Å²) in [4.78, 5) is 24.0. The van der Waals surface area contributed by atoms with Crippen LogP contribution in [0.5, 0.6) is 0 Å². The average molecular weight is 370 g/mol. The molecule has 1 heterocycles. The molecule has 0 radical (unpaired) electrons. The van der Waals surface area contributed by atoms with E-state index in [0.29, 0.717) is 25.1 Å². The molecular weight excluding hydrogens is 348 g/mol. The lowest BCUT2D eigenvalue weighted by atomic mass is 9.88. The van der Waals surface area contributed by atoms with Gasteiger partial charge in [-0.3, -0.25) is 10.2 Å². The van der Waals surface area contributed by atoms with Crippen LogP contribution in [0.25, 0.3) is 0 Å². The molecule has 2 atom stereocenters. The predicted molar refractivity (Wildman–Crippen MR) is 99.4 cm³/mol. The molecule has 0 bridgehead atoms. The number of nitrogens with one attached hydrogen (secondary N) is 1. The summed E-state index contributed by atoms with van der Waals surface area (Å²) in [6, 6.07) is 16.7. The molecule has 3 N–H and O–H groups in total. The van der Waals surface area contributed by atoms with E-state index in [2.05, 4.69) is 5.32 Å². The van der Waals surface area contributed by atoms with Crippen LogP contribution in [0.15, 0.2) is 54.6 Å². The Balaban J connectivity index is 1.51. The minimum atomic E-state index is -1.10. The van der Waals surface area contributed by atoms with Gasteiger partial charge in [0.25, 0.3) is 0 Å². The number of aliphatic hydroxyl groups is 1. The van der Waals surface area contributed by atoms with E-state index in [-0.39, 0.29) is 12.5 Å². The number of nitrogens with zero attached hydrogens (tertiary/aromatic N) is 1. The van der Waals surface area contributed by atoms with Crippen LogP contribution in [0.3, 0.4) is 0 Å². The van der Waals surface area contributed by atoms with Crippen molar-refractivity contribution in [2.24, 2.45) is 0 Å². The van der Waals surface area contributed by atoms with Gasteiger partial charge in [-0.25, -0.2) is 9.59 Å². The molecule has 1 aliphatic rings. The number of hydrogen-bond donors (Lipinski definition) is 3. The van der Waals surface area contributed by atoms with Gasteiger partial charge in [0.1, 0.15) is 12.8 Å². The van der Waals surface area contributed by atoms with Gasteiger partial charge >= 0.3 is 12.2 Å². The lowest BCUT2D eigenvalue weighted by Gasteiger charge is -2.34. The van der Waals surface area contributed by atoms with Crippen LogP contribution in [0.4, 0.5) is 15.3 Å². The summed E-state index contributed by atoms with van der Waals surface area (Å²) >= 11 is 0. The monoisotopic (exact) mass is 370 g/mol. The van der Waals surface area contributed by atoms with Crippen molar-refractivity contribution in [2.45, 2.75) is 31.6 Å². The fourth-order valence-electron chi connectivity index (χ4n) is 3.19. The van der Waals surface area contributed by atoms with Crippen LogP contribution in [-0.4, -0.2) is 40.1 Å². The van der Waals surface area contributed by atoms with Gasteiger partial charge < -0.3 is 14.9 Å². The van der Waals surface area contributed by atoms with Crippen LogP contribution < -0.4 is 5.32 Å². The summed E-state index contributed by atoms with van der Waals surface area (Å²) in [5.74, 6) is 0.0784. The summed E-state index contributed by atoms with van der Waals surface area (Å²) in [6.07, 6.45) is -1.62. The van der Waals surface area contributed by atoms with E-state index in [1.165, 1.54) is 0 Å². The van der Waals surface area contributed by atoms with Gasteiger partial charge in [0.15, 0.2) is 0 Å². The number of benzene rings is 2. The summed E-state index contributed by atoms with van der Waals surface area (Å²) in [5.41, 5.74) is 2.52. The first-order chi connectivity index (χ1) is 13.0. The van der Waals surface area contributed by atoms with E-state index in [1.54, 1.807) is 12.1 Å². The number of aliphatic hydroxyl groups excluding tert-OH is 1. The zero-order valence-electron chi connectivity index (χ0n) is 14.7. The topological polar surface area (TPSA) is 99.1 Å². The molecular formula is C20H22N2O5. The highest BCUT2D eigenvalue weighted by Crippen LogP contribution is 2.31. The van der Waals surface area contributed by atoms with E-state index in [0.717, 1.165) is 16.0 Å². The van der Waals surface area contributed by atoms with Crippen LogP contribution in [0.1, 0.15) is 29.9 Å². The minimum absolute atomic E-state index is 0.0784. The SMILES string of the molecule is O=C(Nc1ccc(C2CCN(C(=O)O)C(O)C2)cc1)OCc1ccccc1. The molecule has 2 amide bonds. The number of amides is 2. The van der Waals surface area contributed by atoms with Crippen molar-refractivity contribution < 1.29 is 24.5 Å². The molecule has 1 fully saturated rings. The Morgan fingerprint density at radius 3 is 2.44 bits per heavy atom. The number of rotatable bonds is 4. The van der Waals surface area contributed by atoms with Gasteiger partial charge in [0, 0.05) is 12.2 Å². The highest BCUT2D eigenvalue weighted by molar-refractivity contribution is 5.84. The molecule has 142 valence electrons. The van der Waals surface area contributed by atoms with Gasteiger partial charge in [-0.2, -0.15) is 0 Å². The zero-order valence-corrected chi connectivity index (χ0v) is 14.7. The summed E-state index contributed by atoms with van der Waals surface area (Å²) in [6.45, 7) is 0.498. The molecule has 0 aliphatic carbocycles. The maximum Gasteiger partial charge on any atom is 0.411 e. The number of ether oxygens (including phenoxy) is 1. The molecule has 7 heteroatoms. The van der Waals surface area contributed by atoms with Crippen LogP contribution in [0.2, 0.25) is 0 Å². The molecule has 3 rings (SSSR count). The van der Waals surface area contributed by atoms with Crippen molar-refractivity contribution in [1.82, 2.24) is 4.90 Å². The van der Waals surface area contributed by atoms with Crippen LogP contribution >= 0.6 is 0 Å². The molecule has 0 spiro atoms. The molecule has 2 aromatic rings. The molecule has 2 aromatic carbocycles.